The van der Waals surface area contributed by atoms with Gasteiger partial charge in [0.2, 0.25) is 0 Å². The fourth-order valence-electron chi connectivity index (χ4n) is 2.08. The molecule has 18 heavy (non-hydrogen) atoms. The maximum atomic E-state index is 5.87. The van der Waals surface area contributed by atoms with E-state index in [1.54, 1.807) is 11.3 Å². The van der Waals surface area contributed by atoms with Crippen molar-refractivity contribution in [1.82, 2.24) is 4.98 Å². The summed E-state index contributed by atoms with van der Waals surface area (Å²) in [6.45, 7) is 8.67. The Morgan fingerprint density at radius 1 is 1.28 bits per heavy atom. The number of nitrogens with zero attached hydrogens (tertiary/aromatic N) is 1. The van der Waals surface area contributed by atoms with Gasteiger partial charge in [-0.1, -0.05) is 50.6 Å². The number of hydrogen-bond acceptors (Lipinski definition) is 3. The quantitative estimate of drug-likeness (QED) is 0.888. The minimum Gasteiger partial charge on any atom is -0.375 e. The van der Waals surface area contributed by atoms with Crippen molar-refractivity contribution in [3.05, 3.63) is 46.0 Å². The summed E-state index contributed by atoms with van der Waals surface area (Å²) < 4.78 is 0. The number of rotatable bonds is 2. The van der Waals surface area contributed by atoms with Crippen molar-refractivity contribution >= 4 is 16.5 Å². The normalized spacial score (nSPS) is 11.8. The number of nitrogen functional groups attached to an aromatic ring is 1. The fraction of sp³-hybridized carbons (Fsp3) is 0.400. The summed E-state index contributed by atoms with van der Waals surface area (Å²) in [5.74, 6) is 0. The zero-order valence-corrected chi connectivity index (χ0v) is 12.3. The molecule has 0 saturated heterocycles. The molecule has 1 aromatic carbocycles. The summed E-state index contributed by atoms with van der Waals surface area (Å²) >= 11 is 1.61. The average Bonchev–Trinajstić information content (AvgIpc) is 2.59. The lowest BCUT2D eigenvalue weighted by atomic mass is 9.90. The molecule has 0 aliphatic heterocycles. The highest BCUT2D eigenvalue weighted by atomic mass is 32.1. The van der Waals surface area contributed by atoms with E-state index < -0.39 is 0 Å². The molecule has 0 radical (unpaired) electrons. The first-order chi connectivity index (χ1) is 8.36. The standard InChI is InChI=1S/C15H20N2S/c1-10-6-5-7-11(8-10)9-12-13(15(2,3)4)17-14(16)18-12/h5-8H,9H2,1-4H3,(H2,16,17). The molecular formula is C15H20N2S. The first-order valence-electron chi connectivity index (χ1n) is 6.17. The zero-order valence-electron chi connectivity index (χ0n) is 11.4. The van der Waals surface area contributed by atoms with Crippen LogP contribution in [0.15, 0.2) is 24.3 Å². The van der Waals surface area contributed by atoms with Crippen LogP contribution in [-0.4, -0.2) is 4.98 Å². The van der Waals surface area contributed by atoms with Crippen LogP contribution in [-0.2, 0) is 11.8 Å². The number of benzene rings is 1. The van der Waals surface area contributed by atoms with E-state index in [2.05, 4.69) is 56.9 Å². The van der Waals surface area contributed by atoms with Crippen molar-refractivity contribution in [3.8, 4) is 0 Å². The first kappa shape index (κ1) is 13.1. The van der Waals surface area contributed by atoms with Gasteiger partial charge in [-0.15, -0.1) is 11.3 Å². The smallest absolute Gasteiger partial charge is 0.180 e. The Balaban J connectivity index is 2.35. The van der Waals surface area contributed by atoms with Gasteiger partial charge < -0.3 is 5.73 Å². The molecule has 0 spiro atoms. The molecule has 0 atom stereocenters. The summed E-state index contributed by atoms with van der Waals surface area (Å²) in [5, 5.41) is 0.669. The number of thiazole rings is 1. The van der Waals surface area contributed by atoms with Crippen LogP contribution < -0.4 is 5.73 Å². The van der Waals surface area contributed by atoms with E-state index in [1.807, 2.05) is 0 Å². The number of nitrogens with two attached hydrogens (primary N) is 1. The highest BCUT2D eigenvalue weighted by Crippen LogP contribution is 2.32. The zero-order chi connectivity index (χ0) is 13.3. The van der Waals surface area contributed by atoms with Crippen LogP contribution in [0.25, 0.3) is 0 Å². The second-order valence-corrected chi connectivity index (χ2v) is 6.85. The predicted octanol–water partition coefficient (Wildman–Crippen LogP) is 3.92. The van der Waals surface area contributed by atoms with Gasteiger partial charge in [-0.05, 0) is 12.5 Å². The van der Waals surface area contributed by atoms with Crippen molar-refractivity contribution in [1.29, 1.82) is 0 Å². The Labute approximate surface area is 113 Å². The van der Waals surface area contributed by atoms with Gasteiger partial charge in [-0.2, -0.15) is 0 Å². The van der Waals surface area contributed by atoms with Crippen molar-refractivity contribution in [3.63, 3.8) is 0 Å². The molecule has 2 rings (SSSR count). The van der Waals surface area contributed by atoms with E-state index in [9.17, 15) is 0 Å². The van der Waals surface area contributed by atoms with E-state index in [4.69, 9.17) is 5.73 Å². The topological polar surface area (TPSA) is 38.9 Å². The summed E-state index contributed by atoms with van der Waals surface area (Å²) in [6.07, 6.45) is 0.920. The van der Waals surface area contributed by atoms with E-state index in [0.717, 1.165) is 12.1 Å². The fourth-order valence-corrected chi connectivity index (χ4v) is 3.16. The molecule has 0 bridgehead atoms. The number of anilines is 1. The number of aromatic nitrogens is 1. The van der Waals surface area contributed by atoms with Gasteiger partial charge in [-0.25, -0.2) is 4.98 Å². The highest BCUT2D eigenvalue weighted by molar-refractivity contribution is 7.15. The van der Waals surface area contributed by atoms with Gasteiger partial charge in [0.05, 0.1) is 5.69 Å². The van der Waals surface area contributed by atoms with Crippen LogP contribution in [0.2, 0.25) is 0 Å². The Morgan fingerprint density at radius 3 is 2.61 bits per heavy atom. The largest absolute Gasteiger partial charge is 0.375 e. The third kappa shape index (κ3) is 2.91. The van der Waals surface area contributed by atoms with Crippen molar-refractivity contribution in [2.24, 2.45) is 0 Å². The van der Waals surface area contributed by atoms with Gasteiger partial charge in [0.15, 0.2) is 5.13 Å². The Hall–Kier alpha value is -1.35. The summed E-state index contributed by atoms with van der Waals surface area (Å²) in [7, 11) is 0. The predicted molar refractivity (Wildman–Crippen MR) is 79.2 cm³/mol. The molecule has 0 unspecified atom stereocenters. The lowest BCUT2D eigenvalue weighted by Crippen LogP contribution is -2.14. The third-order valence-electron chi connectivity index (χ3n) is 2.87. The van der Waals surface area contributed by atoms with Crippen LogP contribution in [0.3, 0.4) is 0 Å². The molecule has 1 aromatic heterocycles. The maximum absolute atomic E-state index is 5.87. The first-order valence-corrected chi connectivity index (χ1v) is 6.99. The van der Waals surface area contributed by atoms with Crippen LogP contribution in [0, 0.1) is 6.92 Å². The van der Waals surface area contributed by atoms with Crippen molar-refractivity contribution in [2.75, 3.05) is 5.73 Å². The Kier molecular flexibility index (Phi) is 3.44. The van der Waals surface area contributed by atoms with E-state index in [1.165, 1.54) is 16.0 Å². The molecule has 2 aromatic rings. The van der Waals surface area contributed by atoms with Gasteiger partial charge in [0.25, 0.3) is 0 Å². The molecule has 0 fully saturated rings. The molecule has 2 N–H and O–H groups in total. The molecule has 0 saturated carbocycles. The minimum absolute atomic E-state index is 0.0489. The molecule has 2 nitrogen and oxygen atoms in total. The molecule has 96 valence electrons. The van der Waals surface area contributed by atoms with Crippen LogP contribution in [0.5, 0.6) is 0 Å². The monoisotopic (exact) mass is 260 g/mol. The van der Waals surface area contributed by atoms with E-state index in [-0.39, 0.29) is 5.41 Å². The van der Waals surface area contributed by atoms with Gasteiger partial charge in [0.1, 0.15) is 0 Å². The second kappa shape index (κ2) is 4.73. The number of hydrogen-bond donors (Lipinski definition) is 1. The highest BCUT2D eigenvalue weighted by Gasteiger charge is 2.22. The maximum Gasteiger partial charge on any atom is 0.180 e. The second-order valence-electron chi connectivity index (χ2n) is 5.74. The summed E-state index contributed by atoms with van der Waals surface area (Å²) in [5.41, 5.74) is 9.66. The van der Waals surface area contributed by atoms with Crippen molar-refractivity contribution in [2.45, 2.75) is 39.5 Å². The van der Waals surface area contributed by atoms with Crippen LogP contribution in [0.4, 0.5) is 5.13 Å². The number of aryl methyl sites for hydroxylation is 1. The average molecular weight is 260 g/mol. The molecular weight excluding hydrogens is 240 g/mol. The third-order valence-corrected chi connectivity index (χ3v) is 3.76. The summed E-state index contributed by atoms with van der Waals surface area (Å²) in [6, 6.07) is 8.61. The van der Waals surface area contributed by atoms with Crippen molar-refractivity contribution < 1.29 is 0 Å². The van der Waals surface area contributed by atoms with Gasteiger partial charge in [0, 0.05) is 16.7 Å². The lowest BCUT2D eigenvalue weighted by Gasteiger charge is -2.17. The molecule has 1 heterocycles. The SMILES string of the molecule is Cc1cccc(Cc2sc(N)nc2C(C)(C)C)c1. The minimum atomic E-state index is 0.0489. The van der Waals surface area contributed by atoms with E-state index >= 15 is 0 Å². The molecule has 0 aliphatic rings. The Bertz CT molecular complexity index is 550. The molecule has 0 aliphatic carbocycles. The van der Waals surface area contributed by atoms with Crippen LogP contribution in [0.1, 0.15) is 42.5 Å². The van der Waals surface area contributed by atoms with E-state index in [0.29, 0.717) is 5.13 Å². The van der Waals surface area contributed by atoms with Crippen LogP contribution >= 0.6 is 11.3 Å². The van der Waals surface area contributed by atoms with Gasteiger partial charge in [-0.3, -0.25) is 0 Å². The molecule has 0 amide bonds. The molecule has 3 heteroatoms. The summed E-state index contributed by atoms with van der Waals surface area (Å²) in [4.78, 5) is 5.78. The Morgan fingerprint density at radius 2 is 2.00 bits per heavy atom. The lowest BCUT2D eigenvalue weighted by molar-refractivity contribution is 0.568. The van der Waals surface area contributed by atoms with Gasteiger partial charge >= 0.3 is 0 Å².